The Morgan fingerprint density at radius 1 is 1.17 bits per heavy atom. The average molecular weight is 514 g/mol. The van der Waals surface area contributed by atoms with Crippen LogP contribution in [0.15, 0.2) is 41.3 Å². The molecule has 0 saturated carbocycles. The zero-order valence-corrected chi connectivity index (χ0v) is 19.7. The van der Waals surface area contributed by atoms with E-state index >= 15 is 0 Å². The number of carbonyl (C=O) groups excluding carboxylic acids is 1. The molecule has 1 aromatic carbocycles. The van der Waals surface area contributed by atoms with Gasteiger partial charge < -0.3 is 10.2 Å². The summed E-state index contributed by atoms with van der Waals surface area (Å²) in [5, 5.41) is 1.66. The van der Waals surface area contributed by atoms with E-state index in [9.17, 15) is 35.9 Å². The minimum atomic E-state index is -4.77. The Morgan fingerprint density at radius 3 is 2.44 bits per heavy atom. The maximum atomic E-state index is 14.7. The molecule has 1 unspecified atom stereocenters. The van der Waals surface area contributed by atoms with Gasteiger partial charge in [0.05, 0.1) is 11.1 Å². The van der Waals surface area contributed by atoms with Crippen molar-refractivity contribution in [2.24, 2.45) is 5.92 Å². The minimum Gasteiger partial charge on any atom is -0.357 e. The van der Waals surface area contributed by atoms with Crippen LogP contribution in [0.4, 0.5) is 32.2 Å². The molecule has 6 nitrogen and oxygen atoms in total. The Labute approximate surface area is 202 Å². The van der Waals surface area contributed by atoms with Crippen LogP contribution in [0, 0.1) is 17.6 Å². The first-order valence-corrected chi connectivity index (χ1v) is 11.0. The molecule has 2 aromatic heterocycles. The fraction of sp³-hybridized carbons (Fsp3) is 0.375. The van der Waals surface area contributed by atoms with Crippen LogP contribution in [0.1, 0.15) is 30.6 Å². The molecule has 0 radical (unpaired) electrons. The number of anilines is 1. The quantitative estimate of drug-likeness (QED) is 0.440. The van der Waals surface area contributed by atoms with Crippen LogP contribution in [0.5, 0.6) is 0 Å². The van der Waals surface area contributed by atoms with Gasteiger partial charge in [-0.1, -0.05) is 13.8 Å². The number of benzene rings is 1. The molecule has 0 aliphatic rings. The highest BCUT2D eigenvalue weighted by Gasteiger charge is 2.41. The van der Waals surface area contributed by atoms with Crippen molar-refractivity contribution in [2.45, 2.75) is 32.5 Å². The first kappa shape index (κ1) is 27.0. The Kier molecular flexibility index (Phi) is 7.95. The zero-order valence-electron chi connectivity index (χ0n) is 19.7. The summed E-state index contributed by atoms with van der Waals surface area (Å²) in [6.07, 6.45) is -4.32. The first-order chi connectivity index (χ1) is 16.8. The lowest BCUT2D eigenvalue weighted by atomic mass is 10.0. The highest BCUT2D eigenvalue weighted by atomic mass is 19.4. The summed E-state index contributed by atoms with van der Waals surface area (Å²) in [5.41, 5.74) is -2.07. The Hall–Kier alpha value is -3.57. The molecule has 3 aromatic rings. The molecule has 194 valence electrons. The number of amides is 1. The summed E-state index contributed by atoms with van der Waals surface area (Å²) >= 11 is 0. The number of hydrogen-bond donors (Lipinski definition) is 1. The van der Waals surface area contributed by atoms with E-state index < -0.39 is 59.8 Å². The van der Waals surface area contributed by atoms with E-state index in [-0.39, 0.29) is 29.1 Å². The molecular formula is C24H24F6N4O2. The van der Waals surface area contributed by atoms with Crippen LogP contribution in [-0.2, 0) is 0 Å². The Balaban J connectivity index is 2.23. The molecule has 1 N–H and O–H groups in total. The second-order valence-electron chi connectivity index (χ2n) is 8.69. The number of alkyl halides is 4. The topological polar surface area (TPSA) is 67.2 Å². The van der Waals surface area contributed by atoms with Crippen LogP contribution in [0.2, 0.25) is 0 Å². The first-order valence-electron chi connectivity index (χ1n) is 11.0. The summed E-state index contributed by atoms with van der Waals surface area (Å²) in [7, 11) is 1.53. The van der Waals surface area contributed by atoms with E-state index in [1.54, 1.807) is 13.8 Å². The number of nitrogens with one attached hydrogen (secondary N) is 1. The van der Waals surface area contributed by atoms with Gasteiger partial charge in [0, 0.05) is 25.9 Å². The van der Waals surface area contributed by atoms with E-state index in [2.05, 4.69) is 4.98 Å². The van der Waals surface area contributed by atoms with Gasteiger partial charge in [0.1, 0.15) is 35.7 Å². The largest absolute Gasteiger partial charge is 0.408 e. The lowest BCUT2D eigenvalue weighted by molar-refractivity contribution is -0.156. The molecule has 3 rings (SSSR count). The van der Waals surface area contributed by atoms with Crippen molar-refractivity contribution in [1.82, 2.24) is 14.9 Å². The zero-order chi connectivity index (χ0) is 26.8. The lowest BCUT2D eigenvalue weighted by Crippen LogP contribution is -2.47. The summed E-state index contributed by atoms with van der Waals surface area (Å²) < 4.78 is 82.6. The number of pyridine rings is 2. The number of halogens is 6. The monoisotopic (exact) mass is 514 g/mol. The van der Waals surface area contributed by atoms with Crippen LogP contribution in [0.3, 0.4) is 0 Å². The van der Waals surface area contributed by atoms with E-state index in [1.165, 1.54) is 24.1 Å². The third-order valence-corrected chi connectivity index (χ3v) is 5.47. The maximum Gasteiger partial charge on any atom is 0.408 e. The molecule has 0 spiro atoms. The number of hydrogen-bond acceptors (Lipinski definition) is 4. The Morgan fingerprint density at radius 2 is 1.86 bits per heavy atom. The molecule has 0 saturated heterocycles. The molecular weight excluding hydrogens is 490 g/mol. The second kappa shape index (κ2) is 10.6. The van der Waals surface area contributed by atoms with Crippen molar-refractivity contribution in [3.63, 3.8) is 0 Å². The molecule has 2 heterocycles. The number of rotatable bonds is 8. The number of fused-ring (bicyclic) bond motifs is 1. The van der Waals surface area contributed by atoms with E-state index in [4.69, 9.17) is 0 Å². The second-order valence-corrected chi connectivity index (χ2v) is 8.69. The summed E-state index contributed by atoms with van der Waals surface area (Å²) in [5.74, 6) is -3.47. The van der Waals surface area contributed by atoms with Gasteiger partial charge in [0.15, 0.2) is 5.65 Å². The standard InChI is InChI=1S/C24H24F6N4O2/c1-13(2)10-19(24(28,29)30)31-23(36)16-12-34(18-6-4-14(26)11-17(18)27)22-15(21(16)35)5-7-20(32-22)33(3)9-8-25/h4-7,11-13,19H,8-10H2,1-3H3,(H,31,36). The van der Waals surface area contributed by atoms with E-state index in [1.807, 2.05) is 5.32 Å². The van der Waals surface area contributed by atoms with Gasteiger partial charge >= 0.3 is 6.18 Å². The molecule has 1 atom stereocenters. The predicted molar refractivity (Wildman–Crippen MR) is 123 cm³/mol. The van der Waals surface area contributed by atoms with Crippen LogP contribution < -0.4 is 15.6 Å². The van der Waals surface area contributed by atoms with Gasteiger partial charge in [-0.2, -0.15) is 13.2 Å². The van der Waals surface area contributed by atoms with Crippen molar-refractivity contribution < 1.29 is 31.1 Å². The van der Waals surface area contributed by atoms with Gasteiger partial charge in [-0.3, -0.25) is 14.2 Å². The fourth-order valence-electron chi connectivity index (χ4n) is 3.65. The third-order valence-electron chi connectivity index (χ3n) is 5.47. The Bertz CT molecular complexity index is 1320. The lowest BCUT2D eigenvalue weighted by Gasteiger charge is -2.23. The van der Waals surface area contributed by atoms with Gasteiger partial charge in [0.2, 0.25) is 5.43 Å². The molecule has 0 aliphatic carbocycles. The highest BCUT2D eigenvalue weighted by molar-refractivity contribution is 5.97. The summed E-state index contributed by atoms with van der Waals surface area (Å²) in [6, 6.07) is 2.95. The molecule has 12 heteroatoms. The number of nitrogens with zero attached hydrogens (tertiary/aromatic N) is 3. The molecule has 0 fully saturated rings. The van der Waals surface area contributed by atoms with Crippen molar-refractivity contribution in [3.8, 4) is 5.69 Å². The van der Waals surface area contributed by atoms with E-state index in [0.717, 1.165) is 22.9 Å². The normalized spacial score (nSPS) is 12.7. The van der Waals surface area contributed by atoms with Crippen molar-refractivity contribution in [2.75, 3.05) is 25.2 Å². The van der Waals surface area contributed by atoms with Crippen molar-refractivity contribution in [1.29, 1.82) is 0 Å². The van der Waals surface area contributed by atoms with Gasteiger partial charge in [-0.05, 0) is 36.6 Å². The van der Waals surface area contributed by atoms with E-state index in [0.29, 0.717) is 6.07 Å². The van der Waals surface area contributed by atoms with Crippen LogP contribution >= 0.6 is 0 Å². The fourth-order valence-corrected chi connectivity index (χ4v) is 3.65. The summed E-state index contributed by atoms with van der Waals surface area (Å²) in [4.78, 5) is 31.7. The molecule has 0 aliphatic heterocycles. The highest BCUT2D eigenvalue weighted by Crippen LogP contribution is 2.26. The molecule has 36 heavy (non-hydrogen) atoms. The number of aromatic nitrogens is 2. The van der Waals surface area contributed by atoms with Gasteiger partial charge in [0.25, 0.3) is 5.91 Å². The smallest absolute Gasteiger partial charge is 0.357 e. The van der Waals surface area contributed by atoms with Crippen LogP contribution in [0.25, 0.3) is 16.7 Å². The van der Waals surface area contributed by atoms with Gasteiger partial charge in [-0.15, -0.1) is 0 Å². The third kappa shape index (κ3) is 5.80. The van der Waals surface area contributed by atoms with Crippen molar-refractivity contribution in [3.05, 3.63) is 63.9 Å². The molecule has 0 bridgehead atoms. The maximum absolute atomic E-state index is 14.7. The van der Waals surface area contributed by atoms with Crippen molar-refractivity contribution >= 4 is 22.8 Å². The summed E-state index contributed by atoms with van der Waals surface area (Å²) in [6.45, 7) is 2.36. The van der Waals surface area contributed by atoms with Crippen LogP contribution in [-0.4, -0.2) is 47.9 Å². The SMILES string of the molecule is CC(C)CC(NC(=O)c1cn(-c2ccc(F)cc2F)c2nc(N(C)CCF)ccc2c1=O)C(F)(F)F. The molecule has 1 amide bonds. The van der Waals surface area contributed by atoms with Gasteiger partial charge in [-0.25, -0.2) is 18.2 Å². The minimum absolute atomic E-state index is 0.0389. The average Bonchev–Trinajstić information content (AvgIpc) is 2.78. The number of carbonyl (C=O) groups is 1. The predicted octanol–water partition coefficient (Wildman–Crippen LogP) is 4.78.